The standard InChI is InChI=1S/C17H14ClIO3/c1-21-16-10-11(9-14(18)17(16)22-2)3-8-15(20)12-4-6-13(19)7-5-12/h3-10H,1-2H3/b8-3+. The Morgan fingerprint density at radius 1 is 1.14 bits per heavy atom. The molecule has 0 saturated carbocycles. The summed E-state index contributed by atoms with van der Waals surface area (Å²) in [6, 6.07) is 10.9. The van der Waals surface area contributed by atoms with E-state index in [1.165, 1.54) is 13.2 Å². The van der Waals surface area contributed by atoms with Gasteiger partial charge in [-0.25, -0.2) is 0 Å². The lowest BCUT2D eigenvalue weighted by atomic mass is 10.1. The molecule has 0 bridgehead atoms. The molecule has 0 fully saturated rings. The van der Waals surface area contributed by atoms with E-state index >= 15 is 0 Å². The van der Waals surface area contributed by atoms with Crippen LogP contribution in [0.5, 0.6) is 11.5 Å². The summed E-state index contributed by atoms with van der Waals surface area (Å²) in [4.78, 5) is 12.1. The molecule has 0 aliphatic heterocycles. The molecule has 0 saturated heterocycles. The number of ether oxygens (including phenoxy) is 2. The van der Waals surface area contributed by atoms with Gasteiger partial charge in [-0.1, -0.05) is 29.8 Å². The van der Waals surface area contributed by atoms with Crippen molar-refractivity contribution in [1.82, 2.24) is 0 Å². The topological polar surface area (TPSA) is 35.5 Å². The van der Waals surface area contributed by atoms with Gasteiger partial charge >= 0.3 is 0 Å². The van der Waals surface area contributed by atoms with Crippen LogP contribution in [0, 0.1) is 3.57 Å². The molecule has 0 spiro atoms. The van der Waals surface area contributed by atoms with Crippen molar-refractivity contribution in [2.24, 2.45) is 0 Å². The molecule has 0 aliphatic carbocycles. The molecule has 0 amide bonds. The molecule has 0 N–H and O–H groups in total. The first-order chi connectivity index (χ1) is 10.5. The molecule has 0 aromatic heterocycles. The van der Waals surface area contributed by atoms with E-state index in [-0.39, 0.29) is 5.78 Å². The van der Waals surface area contributed by atoms with Crippen molar-refractivity contribution in [2.75, 3.05) is 14.2 Å². The van der Waals surface area contributed by atoms with Crippen LogP contribution in [0.25, 0.3) is 6.08 Å². The molecule has 0 heterocycles. The monoisotopic (exact) mass is 428 g/mol. The van der Waals surface area contributed by atoms with Crippen LogP contribution in [-0.2, 0) is 0 Å². The lowest BCUT2D eigenvalue weighted by Gasteiger charge is -2.10. The molecule has 2 aromatic carbocycles. The Labute approximate surface area is 148 Å². The van der Waals surface area contributed by atoms with E-state index in [0.29, 0.717) is 22.1 Å². The maximum absolute atomic E-state index is 12.1. The van der Waals surface area contributed by atoms with E-state index in [4.69, 9.17) is 21.1 Å². The summed E-state index contributed by atoms with van der Waals surface area (Å²) in [5.74, 6) is 0.934. The van der Waals surface area contributed by atoms with E-state index < -0.39 is 0 Å². The van der Waals surface area contributed by atoms with Gasteiger partial charge in [-0.15, -0.1) is 0 Å². The second-order valence-corrected chi connectivity index (χ2v) is 6.10. The highest BCUT2D eigenvalue weighted by atomic mass is 127. The first-order valence-electron chi connectivity index (χ1n) is 6.44. The third-order valence-electron chi connectivity index (χ3n) is 3.01. The van der Waals surface area contributed by atoms with Crippen molar-refractivity contribution in [1.29, 1.82) is 0 Å². The first-order valence-corrected chi connectivity index (χ1v) is 7.90. The third kappa shape index (κ3) is 4.01. The third-order valence-corrected chi connectivity index (χ3v) is 4.01. The van der Waals surface area contributed by atoms with E-state index in [9.17, 15) is 4.79 Å². The molecule has 0 atom stereocenters. The highest BCUT2D eigenvalue weighted by Crippen LogP contribution is 2.36. The van der Waals surface area contributed by atoms with Gasteiger partial charge in [0.1, 0.15) is 0 Å². The average molecular weight is 429 g/mol. The molecule has 0 aliphatic rings. The van der Waals surface area contributed by atoms with Crippen molar-refractivity contribution in [3.05, 3.63) is 62.2 Å². The Bertz CT molecular complexity index is 709. The number of carbonyl (C=O) groups excluding carboxylic acids is 1. The van der Waals surface area contributed by atoms with Crippen LogP contribution in [-0.4, -0.2) is 20.0 Å². The zero-order chi connectivity index (χ0) is 16.1. The summed E-state index contributed by atoms with van der Waals surface area (Å²) in [5, 5.41) is 0.434. The summed E-state index contributed by atoms with van der Waals surface area (Å²) >= 11 is 8.34. The molecular formula is C17H14ClIO3. The number of ketones is 1. The molecule has 0 radical (unpaired) electrons. The fourth-order valence-electron chi connectivity index (χ4n) is 1.92. The summed E-state index contributed by atoms with van der Waals surface area (Å²) in [6.45, 7) is 0. The number of carbonyl (C=O) groups is 1. The minimum atomic E-state index is -0.0673. The minimum Gasteiger partial charge on any atom is -0.493 e. The molecule has 0 unspecified atom stereocenters. The summed E-state index contributed by atoms with van der Waals surface area (Å²) in [5.41, 5.74) is 1.41. The number of hydrogen-bond donors (Lipinski definition) is 0. The fraction of sp³-hybridized carbons (Fsp3) is 0.118. The van der Waals surface area contributed by atoms with Gasteiger partial charge in [0.2, 0.25) is 0 Å². The predicted octanol–water partition coefficient (Wildman–Crippen LogP) is 4.86. The van der Waals surface area contributed by atoms with Gasteiger partial charge < -0.3 is 9.47 Å². The summed E-state index contributed by atoms with van der Waals surface area (Å²) < 4.78 is 11.5. The molecule has 22 heavy (non-hydrogen) atoms. The normalized spacial score (nSPS) is 10.7. The van der Waals surface area contributed by atoms with Crippen molar-refractivity contribution < 1.29 is 14.3 Å². The van der Waals surface area contributed by atoms with Gasteiger partial charge in [0.25, 0.3) is 0 Å². The zero-order valence-corrected chi connectivity index (χ0v) is 15.0. The smallest absolute Gasteiger partial charge is 0.185 e. The van der Waals surface area contributed by atoms with Crippen molar-refractivity contribution in [2.45, 2.75) is 0 Å². The number of rotatable bonds is 5. The van der Waals surface area contributed by atoms with Crippen LogP contribution in [0.1, 0.15) is 15.9 Å². The Kier molecular flexibility index (Phi) is 5.85. The minimum absolute atomic E-state index is 0.0673. The number of hydrogen-bond acceptors (Lipinski definition) is 3. The predicted molar refractivity (Wildman–Crippen MR) is 97.1 cm³/mol. The van der Waals surface area contributed by atoms with Crippen LogP contribution in [0.15, 0.2) is 42.5 Å². The number of allylic oxidation sites excluding steroid dienone is 1. The molecule has 3 nitrogen and oxygen atoms in total. The number of benzene rings is 2. The van der Waals surface area contributed by atoms with E-state index in [2.05, 4.69) is 22.6 Å². The van der Waals surface area contributed by atoms with Crippen LogP contribution in [0.4, 0.5) is 0 Å². The van der Waals surface area contributed by atoms with Crippen LogP contribution in [0.2, 0.25) is 5.02 Å². The SMILES string of the molecule is COc1cc(/C=C/C(=O)c2ccc(I)cc2)cc(Cl)c1OC. The Hall–Kier alpha value is -1.53. The van der Waals surface area contributed by atoms with E-state index in [1.54, 1.807) is 37.5 Å². The molecule has 2 rings (SSSR count). The van der Waals surface area contributed by atoms with E-state index in [1.807, 2.05) is 12.1 Å². The second kappa shape index (κ2) is 7.65. The quantitative estimate of drug-likeness (QED) is 0.388. The maximum Gasteiger partial charge on any atom is 0.185 e. The molecule has 114 valence electrons. The van der Waals surface area contributed by atoms with Gasteiger partial charge in [-0.2, -0.15) is 0 Å². The van der Waals surface area contributed by atoms with Gasteiger partial charge in [-0.05, 0) is 58.5 Å². The molecular weight excluding hydrogens is 415 g/mol. The lowest BCUT2D eigenvalue weighted by Crippen LogP contribution is -1.94. The Morgan fingerprint density at radius 2 is 1.82 bits per heavy atom. The maximum atomic E-state index is 12.1. The number of halogens is 2. The van der Waals surface area contributed by atoms with Crippen LogP contribution in [0.3, 0.4) is 0 Å². The highest BCUT2D eigenvalue weighted by Gasteiger charge is 2.10. The second-order valence-electron chi connectivity index (χ2n) is 4.44. The Balaban J connectivity index is 2.24. The highest BCUT2D eigenvalue weighted by molar-refractivity contribution is 14.1. The van der Waals surface area contributed by atoms with E-state index in [0.717, 1.165) is 9.13 Å². The summed E-state index contributed by atoms with van der Waals surface area (Å²) in [7, 11) is 3.07. The van der Waals surface area contributed by atoms with Gasteiger partial charge in [0, 0.05) is 9.13 Å². The molecule has 5 heteroatoms. The van der Waals surface area contributed by atoms with Crippen LogP contribution >= 0.6 is 34.2 Å². The van der Waals surface area contributed by atoms with Crippen LogP contribution < -0.4 is 9.47 Å². The van der Waals surface area contributed by atoms with Gasteiger partial charge in [0.15, 0.2) is 17.3 Å². The largest absolute Gasteiger partial charge is 0.493 e. The van der Waals surface area contributed by atoms with Crippen molar-refractivity contribution in [3.63, 3.8) is 0 Å². The summed E-state index contributed by atoms with van der Waals surface area (Å²) in [6.07, 6.45) is 3.22. The zero-order valence-electron chi connectivity index (χ0n) is 12.1. The van der Waals surface area contributed by atoms with Gasteiger partial charge in [-0.3, -0.25) is 4.79 Å². The lowest BCUT2D eigenvalue weighted by molar-refractivity contribution is 0.104. The Morgan fingerprint density at radius 3 is 2.41 bits per heavy atom. The average Bonchev–Trinajstić information content (AvgIpc) is 2.52. The van der Waals surface area contributed by atoms with Crippen molar-refractivity contribution >= 4 is 46.1 Å². The van der Waals surface area contributed by atoms with Crippen molar-refractivity contribution in [3.8, 4) is 11.5 Å². The fourth-order valence-corrected chi connectivity index (χ4v) is 2.57. The number of methoxy groups -OCH3 is 2. The van der Waals surface area contributed by atoms with Gasteiger partial charge in [0.05, 0.1) is 19.2 Å². The first kappa shape index (κ1) is 16.8. The molecule has 2 aromatic rings.